The maximum Gasteiger partial charge on any atom is 0.163 e. The van der Waals surface area contributed by atoms with Crippen molar-refractivity contribution >= 4 is 33.5 Å². The third-order valence-electron chi connectivity index (χ3n) is 6.63. The third-order valence-corrected chi connectivity index (χ3v) is 6.63. The number of benzene rings is 3. The summed E-state index contributed by atoms with van der Waals surface area (Å²) >= 11 is 0. The van der Waals surface area contributed by atoms with E-state index in [1.807, 2.05) is 0 Å². The van der Waals surface area contributed by atoms with E-state index in [2.05, 4.69) is 84.7 Å². The second kappa shape index (κ2) is 7.64. The summed E-state index contributed by atoms with van der Waals surface area (Å²) in [6.07, 6.45) is 2.56. The molecule has 0 saturated heterocycles. The van der Waals surface area contributed by atoms with E-state index in [0.717, 1.165) is 42.8 Å². The van der Waals surface area contributed by atoms with Gasteiger partial charge in [0, 0.05) is 42.0 Å². The van der Waals surface area contributed by atoms with Crippen LogP contribution >= 0.6 is 0 Å². The van der Waals surface area contributed by atoms with Crippen molar-refractivity contribution < 1.29 is 4.79 Å². The molecule has 0 saturated carbocycles. The Labute approximate surface area is 178 Å². The summed E-state index contributed by atoms with van der Waals surface area (Å²) in [6.45, 7) is 6.38. The van der Waals surface area contributed by atoms with Crippen molar-refractivity contribution in [1.29, 1.82) is 0 Å². The van der Waals surface area contributed by atoms with Crippen molar-refractivity contribution in [2.75, 3.05) is 23.3 Å². The van der Waals surface area contributed by atoms with Crippen LogP contribution < -0.4 is 10.2 Å². The van der Waals surface area contributed by atoms with E-state index in [0.29, 0.717) is 12.2 Å². The van der Waals surface area contributed by atoms with Gasteiger partial charge in [0.2, 0.25) is 0 Å². The fourth-order valence-corrected chi connectivity index (χ4v) is 5.11. The molecular formula is C27H28N2O. The first-order chi connectivity index (χ1) is 14.7. The van der Waals surface area contributed by atoms with E-state index in [1.165, 1.54) is 27.6 Å². The van der Waals surface area contributed by atoms with Crippen LogP contribution in [0, 0.1) is 0 Å². The molecule has 0 radical (unpaired) electrons. The summed E-state index contributed by atoms with van der Waals surface area (Å²) in [4.78, 5) is 15.5. The molecule has 3 heteroatoms. The number of ketones is 1. The van der Waals surface area contributed by atoms with Crippen molar-refractivity contribution in [2.24, 2.45) is 0 Å². The molecule has 1 N–H and O–H groups in total. The Morgan fingerprint density at radius 1 is 0.933 bits per heavy atom. The van der Waals surface area contributed by atoms with Crippen LogP contribution in [0.5, 0.6) is 0 Å². The van der Waals surface area contributed by atoms with Crippen LogP contribution in [0.4, 0.5) is 11.4 Å². The molecule has 5 rings (SSSR count). The molecule has 2 aliphatic rings. The lowest BCUT2D eigenvalue weighted by atomic mass is 9.77. The standard InChI is InChI=1S/C27H28N2O/c1-3-29(4-2)20-15-12-19(13-16-20)27-22-10-7-11-24(30)26(22)25-21-9-6-5-8-18(21)14-17-23(25)28-27/h5-6,8-9,12-17,27-28H,3-4,7,10-11H2,1-2H3/t27-/m1/s1. The average molecular weight is 397 g/mol. The molecule has 3 aromatic carbocycles. The van der Waals surface area contributed by atoms with E-state index in [4.69, 9.17) is 0 Å². The van der Waals surface area contributed by atoms with Gasteiger partial charge >= 0.3 is 0 Å². The predicted octanol–water partition coefficient (Wildman–Crippen LogP) is 6.36. The van der Waals surface area contributed by atoms with Gasteiger partial charge in [-0.1, -0.05) is 42.5 Å². The number of carbonyl (C=O) groups is 1. The van der Waals surface area contributed by atoms with Crippen molar-refractivity contribution in [3.63, 3.8) is 0 Å². The monoisotopic (exact) mass is 396 g/mol. The molecule has 1 aliphatic heterocycles. The largest absolute Gasteiger partial charge is 0.374 e. The Balaban J connectivity index is 1.64. The summed E-state index contributed by atoms with van der Waals surface area (Å²) in [5.41, 5.74) is 6.87. The second-order valence-electron chi connectivity index (χ2n) is 8.23. The average Bonchev–Trinajstić information content (AvgIpc) is 2.79. The summed E-state index contributed by atoms with van der Waals surface area (Å²) in [5.74, 6) is 0.292. The number of hydrogen-bond acceptors (Lipinski definition) is 3. The normalized spacial score (nSPS) is 18.1. The highest BCUT2D eigenvalue weighted by Crippen LogP contribution is 2.47. The van der Waals surface area contributed by atoms with Gasteiger partial charge in [-0.05, 0) is 66.8 Å². The van der Waals surface area contributed by atoms with Crippen molar-refractivity contribution in [1.82, 2.24) is 0 Å². The van der Waals surface area contributed by atoms with Crippen LogP contribution in [0.25, 0.3) is 16.3 Å². The molecule has 0 fully saturated rings. The van der Waals surface area contributed by atoms with Gasteiger partial charge < -0.3 is 10.2 Å². The highest BCUT2D eigenvalue weighted by molar-refractivity contribution is 6.27. The van der Waals surface area contributed by atoms with Crippen LogP contribution in [0.3, 0.4) is 0 Å². The lowest BCUT2D eigenvalue weighted by Crippen LogP contribution is -2.26. The van der Waals surface area contributed by atoms with Gasteiger partial charge in [0.15, 0.2) is 5.78 Å². The number of anilines is 2. The maximum atomic E-state index is 13.1. The van der Waals surface area contributed by atoms with E-state index < -0.39 is 0 Å². The smallest absolute Gasteiger partial charge is 0.163 e. The predicted molar refractivity (Wildman–Crippen MR) is 126 cm³/mol. The Bertz CT molecular complexity index is 1140. The maximum absolute atomic E-state index is 13.1. The number of Topliss-reactive ketones (excluding diaryl/α,β-unsaturated/α-hetero) is 1. The molecule has 1 aliphatic carbocycles. The van der Waals surface area contributed by atoms with Crippen molar-refractivity contribution in [3.05, 3.63) is 77.4 Å². The number of hydrogen-bond donors (Lipinski definition) is 1. The molecular weight excluding hydrogens is 368 g/mol. The molecule has 152 valence electrons. The van der Waals surface area contributed by atoms with E-state index >= 15 is 0 Å². The molecule has 0 bridgehead atoms. The molecule has 0 spiro atoms. The molecule has 3 nitrogen and oxygen atoms in total. The van der Waals surface area contributed by atoms with Gasteiger partial charge in [-0.2, -0.15) is 0 Å². The van der Waals surface area contributed by atoms with E-state index in [9.17, 15) is 4.79 Å². The van der Waals surface area contributed by atoms with E-state index in [1.54, 1.807) is 0 Å². The second-order valence-corrected chi connectivity index (χ2v) is 8.23. The number of fused-ring (bicyclic) bond motifs is 4. The molecule has 0 unspecified atom stereocenters. The zero-order chi connectivity index (χ0) is 20.7. The van der Waals surface area contributed by atoms with Gasteiger partial charge in [0.25, 0.3) is 0 Å². The summed E-state index contributed by atoms with van der Waals surface area (Å²) in [7, 11) is 0. The zero-order valence-corrected chi connectivity index (χ0v) is 17.7. The van der Waals surface area contributed by atoms with Crippen LogP contribution in [0.15, 0.2) is 66.2 Å². The lowest BCUT2D eigenvalue weighted by molar-refractivity contribution is -0.114. The highest BCUT2D eigenvalue weighted by Gasteiger charge is 2.34. The number of nitrogens with one attached hydrogen (secondary N) is 1. The topological polar surface area (TPSA) is 32.3 Å². The van der Waals surface area contributed by atoms with Crippen molar-refractivity contribution in [2.45, 2.75) is 39.2 Å². The summed E-state index contributed by atoms with van der Waals surface area (Å²) in [5, 5.41) is 6.13. The Kier molecular flexibility index (Phi) is 4.82. The van der Waals surface area contributed by atoms with E-state index in [-0.39, 0.29) is 6.04 Å². The number of nitrogens with zero attached hydrogens (tertiary/aromatic N) is 1. The molecule has 1 heterocycles. The first-order valence-corrected chi connectivity index (χ1v) is 11.1. The highest BCUT2D eigenvalue weighted by atomic mass is 16.1. The quantitative estimate of drug-likeness (QED) is 0.557. The van der Waals surface area contributed by atoms with Gasteiger partial charge in [0.1, 0.15) is 0 Å². The summed E-state index contributed by atoms with van der Waals surface area (Å²) in [6, 6.07) is 21.6. The Hall–Kier alpha value is -3.07. The van der Waals surface area contributed by atoms with Crippen LogP contribution in [0.1, 0.15) is 50.3 Å². The number of allylic oxidation sites excluding steroid dienone is 1. The minimum absolute atomic E-state index is 0.0589. The zero-order valence-electron chi connectivity index (χ0n) is 17.7. The van der Waals surface area contributed by atoms with Crippen LogP contribution in [0.2, 0.25) is 0 Å². The SMILES string of the molecule is CCN(CC)c1ccc([C@H]2Nc3ccc4ccccc4c3C3=C2CCCC3=O)cc1. The van der Waals surface area contributed by atoms with Gasteiger partial charge in [0.05, 0.1) is 6.04 Å². The van der Waals surface area contributed by atoms with Gasteiger partial charge in [-0.15, -0.1) is 0 Å². The van der Waals surface area contributed by atoms with Gasteiger partial charge in [-0.3, -0.25) is 4.79 Å². The van der Waals surface area contributed by atoms with Gasteiger partial charge in [-0.25, -0.2) is 0 Å². The lowest BCUT2D eigenvalue weighted by Gasteiger charge is -2.35. The Morgan fingerprint density at radius 2 is 1.70 bits per heavy atom. The fraction of sp³-hybridized carbons (Fsp3) is 0.296. The Morgan fingerprint density at radius 3 is 2.47 bits per heavy atom. The number of rotatable bonds is 4. The minimum atomic E-state index is 0.0589. The van der Waals surface area contributed by atoms with Crippen LogP contribution in [-0.4, -0.2) is 18.9 Å². The fourth-order valence-electron chi connectivity index (χ4n) is 5.11. The molecule has 3 aromatic rings. The summed E-state index contributed by atoms with van der Waals surface area (Å²) < 4.78 is 0. The minimum Gasteiger partial charge on any atom is -0.374 e. The van der Waals surface area contributed by atoms with Crippen molar-refractivity contribution in [3.8, 4) is 0 Å². The first-order valence-electron chi connectivity index (χ1n) is 11.1. The molecule has 0 amide bonds. The molecule has 30 heavy (non-hydrogen) atoms. The van der Waals surface area contributed by atoms with Crippen LogP contribution in [-0.2, 0) is 4.79 Å². The number of carbonyl (C=O) groups excluding carboxylic acids is 1. The molecule has 0 aromatic heterocycles. The first kappa shape index (κ1) is 18.9. The third kappa shape index (κ3) is 3.00. The molecule has 1 atom stereocenters.